The number of ether oxygens (including phenoxy) is 1. The van der Waals surface area contributed by atoms with Gasteiger partial charge in [-0.05, 0) is 49.8 Å². The zero-order valence-corrected chi connectivity index (χ0v) is 17.5. The third kappa shape index (κ3) is 5.85. The number of nitrogens with zero attached hydrogens (tertiary/aromatic N) is 1. The van der Waals surface area contributed by atoms with Crippen LogP contribution in [0.15, 0.2) is 24.3 Å². The van der Waals surface area contributed by atoms with Gasteiger partial charge in [0, 0.05) is 36.4 Å². The lowest BCUT2D eigenvalue weighted by Gasteiger charge is -2.25. The van der Waals surface area contributed by atoms with E-state index in [4.69, 9.17) is 4.74 Å². The molecule has 2 atom stereocenters. The van der Waals surface area contributed by atoms with E-state index >= 15 is 0 Å². The Bertz CT molecular complexity index is 558. The first kappa shape index (κ1) is 19.9. The van der Waals surface area contributed by atoms with Crippen LogP contribution in [0, 0.1) is 0 Å². The van der Waals surface area contributed by atoms with Gasteiger partial charge >= 0.3 is 0 Å². The number of methoxy groups -OCH3 is 1. The third-order valence-corrected chi connectivity index (χ3v) is 8.51. The molecule has 1 amide bonds. The Morgan fingerprint density at radius 2 is 2.04 bits per heavy atom. The molecule has 3 nitrogen and oxygen atoms in total. The Hall–Kier alpha value is -0.810. The minimum absolute atomic E-state index is 0.360. The maximum atomic E-state index is 12.7. The maximum absolute atomic E-state index is 12.7. The Kier molecular flexibility index (Phi) is 8.06. The summed E-state index contributed by atoms with van der Waals surface area (Å²) in [7, 11) is 5.75. The number of amides is 1. The van der Waals surface area contributed by atoms with E-state index in [-0.39, 0.29) is 0 Å². The van der Waals surface area contributed by atoms with Crippen molar-refractivity contribution in [3.63, 3.8) is 0 Å². The van der Waals surface area contributed by atoms with Gasteiger partial charge in [-0.15, -0.1) is 0 Å². The van der Waals surface area contributed by atoms with Crippen molar-refractivity contribution in [2.24, 2.45) is 0 Å². The van der Waals surface area contributed by atoms with Crippen molar-refractivity contribution in [1.82, 2.24) is 4.90 Å². The van der Waals surface area contributed by atoms with Crippen molar-refractivity contribution < 1.29 is 9.53 Å². The highest BCUT2D eigenvalue weighted by Gasteiger charge is 2.23. The van der Waals surface area contributed by atoms with Crippen molar-refractivity contribution in [3.8, 4) is 5.75 Å². The molecule has 1 aromatic rings. The summed E-state index contributed by atoms with van der Waals surface area (Å²) >= 11 is 0. The van der Waals surface area contributed by atoms with Crippen molar-refractivity contribution in [1.29, 1.82) is 0 Å². The molecular formula is C21H31NO2S2. The highest BCUT2D eigenvalue weighted by Crippen LogP contribution is 2.40. The topological polar surface area (TPSA) is 29.5 Å². The Morgan fingerprint density at radius 1 is 1.19 bits per heavy atom. The van der Waals surface area contributed by atoms with Gasteiger partial charge in [-0.25, -0.2) is 0 Å². The lowest BCUT2D eigenvalue weighted by molar-refractivity contribution is -0.131. The molecule has 2 aliphatic rings. The minimum atomic E-state index is 0.360. The van der Waals surface area contributed by atoms with E-state index in [1.54, 1.807) is 7.11 Å². The van der Waals surface area contributed by atoms with Gasteiger partial charge in [0.05, 0.1) is 7.11 Å². The van der Waals surface area contributed by atoms with Crippen LogP contribution in [0.1, 0.15) is 62.8 Å². The van der Waals surface area contributed by atoms with Crippen LogP contribution >= 0.6 is 21.6 Å². The van der Waals surface area contributed by atoms with Gasteiger partial charge in [-0.1, -0.05) is 46.6 Å². The zero-order chi connectivity index (χ0) is 18.2. The highest BCUT2D eigenvalue weighted by molar-refractivity contribution is 8.77. The van der Waals surface area contributed by atoms with Crippen LogP contribution in [0.4, 0.5) is 0 Å². The van der Waals surface area contributed by atoms with E-state index < -0.39 is 0 Å². The molecule has 0 unspecified atom stereocenters. The summed E-state index contributed by atoms with van der Waals surface area (Å²) in [5, 5.41) is 0.827. The fraction of sp³-hybridized carbons (Fsp3) is 0.667. The summed E-state index contributed by atoms with van der Waals surface area (Å²) in [5.41, 5.74) is 1.33. The van der Waals surface area contributed by atoms with E-state index in [1.165, 1.54) is 43.4 Å². The molecule has 3 rings (SSSR count). The summed E-state index contributed by atoms with van der Waals surface area (Å²) < 4.78 is 5.26. The molecule has 2 aliphatic heterocycles. The second-order valence-corrected chi connectivity index (χ2v) is 10.2. The average molecular weight is 394 g/mol. The van der Waals surface area contributed by atoms with Crippen molar-refractivity contribution in [3.05, 3.63) is 29.8 Å². The van der Waals surface area contributed by atoms with Gasteiger partial charge in [0.25, 0.3) is 0 Å². The van der Waals surface area contributed by atoms with Gasteiger partial charge in [-0.2, -0.15) is 0 Å². The lowest BCUT2D eigenvalue weighted by atomic mass is 9.94. The van der Waals surface area contributed by atoms with Gasteiger partial charge < -0.3 is 9.64 Å². The smallest absolute Gasteiger partial charge is 0.222 e. The molecule has 0 aromatic heterocycles. The Balaban J connectivity index is 1.47. The number of benzene rings is 1. The first-order chi connectivity index (χ1) is 12.8. The molecule has 0 N–H and O–H groups in total. The summed E-state index contributed by atoms with van der Waals surface area (Å²) in [5.74, 6) is 3.02. The predicted octanol–water partition coefficient (Wildman–Crippen LogP) is 5.51. The molecule has 5 heteroatoms. The summed E-state index contributed by atoms with van der Waals surface area (Å²) in [6.07, 6.45) is 9.10. The van der Waals surface area contributed by atoms with Gasteiger partial charge in [0.15, 0.2) is 0 Å². The van der Waals surface area contributed by atoms with Crippen LogP contribution in [-0.2, 0) is 4.79 Å². The number of carbonyl (C=O) groups is 1. The monoisotopic (exact) mass is 393 g/mol. The van der Waals surface area contributed by atoms with Crippen LogP contribution in [0.3, 0.4) is 0 Å². The van der Waals surface area contributed by atoms with Gasteiger partial charge in [0.1, 0.15) is 5.75 Å². The number of hydrogen-bond donors (Lipinski definition) is 0. The summed E-state index contributed by atoms with van der Waals surface area (Å²) in [6.45, 7) is 1.81. The molecule has 2 heterocycles. The quantitative estimate of drug-likeness (QED) is 0.451. The Morgan fingerprint density at radius 3 is 2.77 bits per heavy atom. The molecule has 0 radical (unpaired) electrons. The minimum Gasteiger partial charge on any atom is -0.497 e. The zero-order valence-electron chi connectivity index (χ0n) is 15.8. The van der Waals surface area contributed by atoms with Crippen molar-refractivity contribution in [2.75, 3.05) is 26.0 Å². The average Bonchev–Trinajstić information content (AvgIpc) is 3.07. The molecule has 1 aromatic carbocycles. The molecule has 0 aliphatic carbocycles. The number of unbranched alkanes of at least 4 members (excludes halogenated alkanes) is 1. The number of rotatable bonds is 7. The van der Waals surface area contributed by atoms with Crippen molar-refractivity contribution >= 4 is 27.5 Å². The number of hydrogen-bond acceptors (Lipinski definition) is 4. The first-order valence-electron chi connectivity index (χ1n) is 9.96. The van der Waals surface area contributed by atoms with Gasteiger partial charge in [-0.3, -0.25) is 4.79 Å². The van der Waals surface area contributed by atoms with E-state index in [1.807, 2.05) is 33.7 Å². The molecule has 26 heavy (non-hydrogen) atoms. The Labute approximate surface area is 166 Å². The standard InChI is InChI=1S/C21H31NO2S2/c1-24-19-11-9-17(10-12-19)18-6-4-5-14-22(16-18)21(23)8-3-2-7-20-13-15-25-26-20/h9-12,18,20H,2-8,13-16H2,1H3/t18-,20+/m1/s1. The van der Waals surface area contributed by atoms with E-state index in [9.17, 15) is 4.79 Å². The van der Waals surface area contributed by atoms with Crippen LogP contribution in [-0.4, -0.2) is 42.0 Å². The molecule has 144 valence electrons. The fourth-order valence-corrected chi connectivity index (χ4v) is 6.92. The fourth-order valence-electron chi connectivity index (χ4n) is 3.89. The molecule has 0 bridgehead atoms. The maximum Gasteiger partial charge on any atom is 0.222 e. The lowest BCUT2D eigenvalue weighted by Crippen LogP contribution is -2.33. The number of carbonyl (C=O) groups excluding carboxylic acids is 1. The molecule has 2 fully saturated rings. The second kappa shape index (κ2) is 10.5. The highest BCUT2D eigenvalue weighted by atomic mass is 33.1. The van der Waals surface area contributed by atoms with Crippen LogP contribution in [0.2, 0.25) is 0 Å². The normalized spacial score (nSPS) is 23.7. The number of likely N-dealkylation sites (tertiary alicyclic amines) is 1. The molecule has 2 saturated heterocycles. The third-order valence-electron chi connectivity index (χ3n) is 5.51. The van der Waals surface area contributed by atoms with Gasteiger partial charge in [0.2, 0.25) is 5.91 Å². The molecule has 0 saturated carbocycles. The van der Waals surface area contributed by atoms with E-state index in [0.717, 1.165) is 43.4 Å². The predicted molar refractivity (Wildman–Crippen MR) is 113 cm³/mol. The van der Waals surface area contributed by atoms with E-state index in [0.29, 0.717) is 11.8 Å². The summed E-state index contributed by atoms with van der Waals surface area (Å²) in [4.78, 5) is 14.8. The van der Waals surface area contributed by atoms with Crippen molar-refractivity contribution in [2.45, 2.75) is 62.5 Å². The molecule has 0 spiro atoms. The second-order valence-electron chi connectivity index (χ2n) is 7.38. The van der Waals surface area contributed by atoms with Crippen LogP contribution in [0.25, 0.3) is 0 Å². The van der Waals surface area contributed by atoms with E-state index in [2.05, 4.69) is 17.0 Å². The summed E-state index contributed by atoms with van der Waals surface area (Å²) in [6, 6.07) is 8.39. The van der Waals surface area contributed by atoms with Crippen LogP contribution < -0.4 is 4.74 Å². The first-order valence-corrected chi connectivity index (χ1v) is 12.3. The SMILES string of the molecule is COc1ccc([C@@H]2CCCCN(C(=O)CCCC[C@H]3CCSS3)C2)cc1. The largest absolute Gasteiger partial charge is 0.497 e. The van der Waals surface area contributed by atoms with Crippen LogP contribution in [0.5, 0.6) is 5.75 Å². The molecular weight excluding hydrogens is 362 g/mol.